The number of alkyl carbamates (subject to hydrolysis) is 2. The lowest BCUT2D eigenvalue weighted by Gasteiger charge is -2.22. The van der Waals surface area contributed by atoms with Gasteiger partial charge in [0.1, 0.15) is 21.7 Å². The van der Waals surface area contributed by atoms with Gasteiger partial charge in [0, 0.05) is 13.1 Å². The molecule has 0 aliphatic rings. The van der Waals surface area contributed by atoms with E-state index in [0.717, 1.165) is 21.6 Å². The van der Waals surface area contributed by atoms with E-state index in [1.165, 1.54) is 0 Å². The summed E-state index contributed by atoms with van der Waals surface area (Å²) in [5.74, 6) is -2.45. The van der Waals surface area contributed by atoms with Crippen LogP contribution >= 0.6 is 21.6 Å². The number of ether oxygens (including phenoxy) is 2. The number of carbonyl (C=O) groups is 4. The fourth-order valence-corrected chi connectivity index (χ4v) is 3.88. The molecule has 10 nitrogen and oxygen atoms in total. The maximum Gasteiger partial charge on any atom is 0.407 e. The number of hydrogen-bond acceptors (Lipinski definition) is 8. The Balaban J connectivity index is 4.62. The van der Waals surface area contributed by atoms with Gasteiger partial charge in [0.2, 0.25) is 0 Å². The molecule has 0 radical (unpaired) electrons. The smallest absolute Gasteiger partial charge is 0.407 e. The average Bonchev–Trinajstić information content (AvgIpc) is 2.45. The summed E-state index contributed by atoms with van der Waals surface area (Å²) in [6, 6.07) is 0. The van der Waals surface area contributed by atoms with Gasteiger partial charge < -0.3 is 30.3 Å². The summed E-state index contributed by atoms with van der Waals surface area (Å²) >= 11 is 0. The Morgan fingerprint density at radius 3 is 1.25 bits per heavy atom. The van der Waals surface area contributed by atoms with Gasteiger partial charge in [-0.3, -0.25) is 9.59 Å². The van der Waals surface area contributed by atoms with Crippen LogP contribution in [0, 0.1) is 0 Å². The highest BCUT2D eigenvalue weighted by Crippen LogP contribution is 2.31. The predicted molar refractivity (Wildman–Crippen MR) is 107 cm³/mol. The standard InChI is InChI=1S/C16H28N2O8S2/c1-15(2,3)25-13(23)17-7-9(11(19)20)27-28-10(12(21)22)8-18-14(24)26-16(4,5)6/h9-10H,7-8H2,1-6H3,(H,17,23)(H,18,24)(H,19,20)(H,21,22). The second kappa shape index (κ2) is 11.2. The van der Waals surface area contributed by atoms with Crippen LogP contribution in [-0.2, 0) is 19.1 Å². The highest BCUT2D eigenvalue weighted by molar-refractivity contribution is 8.77. The van der Waals surface area contributed by atoms with Crippen molar-refractivity contribution in [3.63, 3.8) is 0 Å². The lowest BCUT2D eigenvalue weighted by Crippen LogP contribution is -2.39. The van der Waals surface area contributed by atoms with E-state index in [1.807, 2.05) is 0 Å². The van der Waals surface area contributed by atoms with E-state index in [2.05, 4.69) is 10.6 Å². The van der Waals surface area contributed by atoms with E-state index in [1.54, 1.807) is 41.5 Å². The van der Waals surface area contributed by atoms with Crippen molar-refractivity contribution >= 4 is 45.7 Å². The zero-order valence-corrected chi connectivity index (χ0v) is 18.4. The van der Waals surface area contributed by atoms with E-state index in [4.69, 9.17) is 9.47 Å². The van der Waals surface area contributed by atoms with Gasteiger partial charge in [-0.1, -0.05) is 21.6 Å². The molecule has 0 rings (SSSR count). The predicted octanol–water partition coefficient (Wildman–Crippen LogP) is 2.32. The van der Waals surface area contributed by atoms with Gasteiger partial charge in [0.05, 0.1) is 0 Å². The van der Waals surface area contributed by atoms with Crippen molar-refractivity contribution in [2.75, 3.05) is 13.1 Å². The molecule has 2 amide bonds. The van der Waals surface area contributed by atoms with Gasteiger partial charge in [0.25, 0.3) is 0 Å². The summed E-state index contributed by atoms with van der Waals surface area (Å²) < 4.78 is 10.0. The normalized spacial score (nSPS) is 13.8. The van der Waals surface area contributed by atoms with Gasteiger partial charge in [0.15, 0.2) is 0 Å². The molecule has 0 aromatic rings. The Labute approximate surface area is 171 Å². The molecule has 2 atom stereocenters. The fraction of sp³-hybridized carbons (Fsp3) is 0.750. The van der Waals surface area contributed by atoms with Crippen LogP contribution in [-0.4, -0.2) is 69.1 Å². The lowest BCUT2D eigenvalue weighted by atomic mass is 10.2. The Morgan fingerprint density at radius 2 is 1.04 bits per heavy atom. The minimum absolute atomic E-state index is 0.256. The molecule has 0 aliphatic carbocycles. The van der Waals surface area contributed by atoms with Crippen LogP contribution in [0.2, 0.25) is 0 Å². The van der Waals surface area contributed by atoms with Crippen molar-refractivity contribution in [2.24, 2.45) is 0 Å². The third kappa shape index (κ3) is 13.4. The molecule has 0 saturated heterocycles. The first-order valence-electron chi connectivity index (χ1n) is 8.32. The third-order valence-electron chi connectivity index (χ3n) is 2.50. The Kier molecular flexibility index (Phi) is 10.5. The second-order valence-corrected chi connectivity index (χ2v) is 10.3. The van der Waals surface area contributed by atoms with Crippen molar-refractivity contribution in [3.8, 4) is 0 Å². The molecule has 12 heteroatoms. The largest absolute Gasteiger partial charge is 0.480 e. The van der Waals surface area contributed by atoms with Crippen molar-refractivity contribution < 1.29 is 38.9 Å². The van der Waals surface area contributed by atoms with Crippen LogP contribution in [0.3, 0.4) is 0 Å². The highest BCUT2D eigenvalue weighted by Gasteiger charge is 2.27. The maximum atomic E-state index is 11.6. The second-order valence-electron chi connectivity index (χ2n) is 7.61. The van der Waals surface area contributed by atoms with Crippen LogP contribution in [0.5, 0.6) is 0 Å². The molecule has 0 aliphatic heterocycles. The quantitative estimate of drug-likeness (QED) is 0.393. The molecule has 0 spiro atoms. The Bertz CT molecular complexity index is 522. The molecule has 4 N–H and O–H groups in total. The van der Waals surface area contributed by atoms with E-state index in [0.29, 0.717) is 0 Å². The molecule has 2 unspecified atom stereocenters. The van der Waals surface area contributed by atoms with Gasteiger partial charge in [-0.25, -0.2) is 9.59 Å². The fourth-order valence-electron chi connectivity index (χ4n) is 1.44. The zero-order chi connectivity index (χ0) is 22.1. The summed E-state index contributed by atoms with van der Waals surface area (Å²) in [5, 5.41) is 21.0. The number of hydrogen-bond donors (Lipinski definition) is 4. The van der Waals surface area contributed by atoms with Gasteiger partial charge in [-0.05, 0) is 41.5 Å². The SMILES string of the molecule is CC(C)(C)OC(=O)NCC(SSC(CNC(=O)OC(C)(C)C)C(=O)O)C(=O)O. The van der Waals surface area contributed by atoms with E-state index in [9.17, 15) is 29.4 Å². The lowest BCUT2D eigenvalue weighted by molar-refractivity contribution is -0.137. The minimum atomic E-state index is -1.22. The first-order chi connectivity index (χ1) is 12.6. The maximum absolute atomic E-state index is 11.6. The van der Waals surface area contributed by atoms with Crippen LogP contribution in [0.15, 0.2) is 0 Å². The van der Waals surface area contributed by atoms with Gasteiger partial charge in [-0.2, -0.15) is 0 Å². The molecule has 28 heavy (non-hydrogen) atoms. The molecular formula is C16H28N2O8S2. The van der Waals surface area contributed by atoms with Gasteiger partial charge >= 0.3 is 24.1 Å². The number of carbonyl (C=O) groups excluding carboxylic acids is 2. The average molecular weight is 441 g/mol. The Morgan fingerprint density at radius 1 is 0.750 bits per heavy atom. The summed E-state index contributed by atoms with van der Waals surface area (Å²) in [4.78, 5) is 45.9. The number of nitrogens with one attached hydrogen (secondary N) is 2. The van der Waals surface area contributed by atoms with Gasteiger partial charge in [-0.15, -0.1) is 0 Å². The number of carboxylic acid groups (broad SMARTS) is 2. The summed E-state index contributed by atoms with van der Waals surface area (Å²) in [6.07, 6.45) is -1.54. The van der Waals surface area contributed by atoms with Crippen molar-refractivity contribution in [2.45, 2.75) is 63.2 Å². The number of aliphatic carboxylic acids is 2. The Hall–Kier alpha value is -1.82. The molecule has 0 heterocycles. The van der Waals surface area contributed by atoms with Crippen LogP contribution in [0.25, 0.3) is 0 Å². The minimum Gasteiger partial charge on any atom is -0.480 e. The van der Waals surface area contributed by atoms with E-state index in [-0.39, 0.29) is 13.1 Å². The molecular weight excluding hydrogens is 412 g/mol. The summed E-state index contributed by atoms with van der Waals surface area (Å²) in [6.45, 7) is 9.49. The highest BCUT2D eigenvalue weighted by atomic mass is 33.1. The molecule has 0 aromatic heterocycles. The van der Waals surface area contributed by atoms with E-state index < -0.39 is 45.8 Å². The van der Waals surface area contributed by atoms with Crippen molar-refractivity contribution in [1.29, 1.82) is 0 Å². The topological polar surface area (TPSA) is 151 Å². The molecule has 0 bridgehead atoms. The van der Waals surface area contributed by atoms with Crippen LogP contribution < -0.4 is 10.6 Å². The third-order valence-corrected chi connectivity index (χ3v) is 5.54. The van der Waals surface area contributed by atoms with E-state index >= 15 is 0 Å². The number of amides is 2. The first kappa shape index (κ1) is 26.2. The zero-order valence-electron chi connectivity index (χ0n) is 16.7. The van der Waals surface area contributed by atoms with Crippen LogP contribution in [0.4, 0.5) is 9.59 Å². The monoisotopic (exact) mass is 440 g/mol. The van der Waals surface area contributed by atoms with Crippen LogP contribution in [0.1, 0.15) is 41.5 Å². The first-order valence-corrected chi connectivity index (χ1v) is 10.6. The molecule has 162 valence electrons. The number of carboxylic acids is 2. The molecule has 0 fully saturated rings. The van der Waals surface area contributed by atoms with Crippen molar-refractivity contribution in [3.05, 3.63) is 0 Å². The molecule has 0 saturated carbocycles. The van der Waals surface area contributed by atoms with Crippen molar-refractivity contribution in [1.82, 2.24) is 10.6 Å². The summed E-state index contributed by atoms with van der Waals surface area (Å²) in [7, 11) is 1.53. The molecule has 0 aromatic carbocycles. The summed E-state index contributed by atoms with van der Waals surface area (Å²) in [5.41, 5.74) is -1.46. The number of rotatable bonds is 9.